The fraction of sp³-hybridized carbons (Fsp3) is 0.261. The summed E-state index contributed by atoms with van der Waals surface area (Å²) in [7, 11) is 1.74. The lowest BCUT2D eigenvalue weighted by Gasteiger charge is -2.12. The first kappa shape index (κ1) is 20.6. The molecule has 0 saturated carbocycles. The van der Waals surface area contributed by atoms with E-state index in [0.717, 1.165) is 45.7 Å². The minimum Gasteiger partial charge on any atom is -0.361 e. The van der Waals surface area contributed by atoms with Gasteiger partial charge >= 0.3 is 0 Å². The Hall–Kier alpha value is -3.68. The van der Waals surface area contributed by atoms with Gasteiger partial charge in [0.15, 0.2) is 11.8 Å². The van der Waals surface area contributed by atoms with E-state index >= 15 is 0 Å². The highest BCUT2D eigenvalue weighted by atomic mass is 19.1. The first-order valence-corrected chi connectivity index (χ1v) is 10.2. The fourth-order valence-corrected chi connectivity index (χ4v) is 3.59. The van der Waals surface area contributed by atoms with Crippen LogP contribution in [0.2, 0.25) is 0 Å². The standard InChI is InChI=1S/C23H26FN7/c1-15-10-16(2)31(30-15)22-7-4-17(12-28-22)13-29-23(25-3)26-9-8-18-14-27-21-6-5-19(24)11-20(18)21/h4-7,10-12,14,27H,8-9,13H2,1-3H3,(H2,25,26,29). The van der Waals surface area contributed by atoms with Gasteiger partial charge in [0.2, 0.25) is 0 Å². The first-order valence-electron chi connectivity index (χ1n) is 10.2. The Bertz CT molecular complexity index is 1200. The van der Waals surface area contributed by atoms with Crippen molar-refractivity contribution in [3.05, 3.63) is 77.1 Å². The molecule has 3 heterocycles. The predicted octanol–water partition coefficient (Wildman–Crippen LogP) is 3.41. The van der Waals surface area contributed by atoms with Gasteiger partial charge in [-0.3, -0.25) is 4.99 Å². The predicted molar refractivity (Wildman–Crippen MR) is 121 cm³/mol. The summed E-state index contributed by atoms with van der Waals surface area (Å²) < 4.78 is 15.4. The monoisotopic (exact) mass is 419 g/mol. The Morgan fingerprint density at radius 1 is 1.16 bits per heavy atom. The van der Waals surface area contributed by atoms with Crippen LogP contribution in [-0.4, -0.2) is 39.3 Å². The summed E-state index contributed by atoms with van der Waals surface area (Å²) in [4.78, 5) is 12.0. The molecule has 0 saturated heterocycles. The summed E-state index contributed by atoms with van der Waals surface area (Å²) >= 11 is 0. The van der Waals surface area contributed by atoms with Crippen LogP contribution in [0.3, 0.4) is 0 Å². The molecule has 4 rings (SSSR count). The maximum Gasteiger partial charge on any atom is 0.191 e. The minimum absolute atomic E-state index is 0.226. The van der Waals surface area contributed by atoms with Gasteiger partial charge in [0.05, 0.1) is 5.69 Å². The molecule has 31 heavy (non-hydrogen) atoms. The highest BCUT2D eigenvalue weighted by Crippen LogP contribution is 2.19. The fourth-order valence-electron chi connectivity index (χ4n) is 3.59. The molecule has 0 spiro atoms. The lowest BCUT2D eigenvalue weighted by Crippen LogP contribution is -2.37. The summed E-state index contributed by atoms with van der Waals surface area (Å²) in [5, 5.41) is 12.0. The van der Waals surface area contributed by atoms with E-state index < -0.39 is 0 Å². The van der Waals surface area contributed by atoms with Crippen molar-refractivity contribution < 1.29 is 4.39 Å². The molecule has 0 radical (unpaired) electrons. The third kappa shape index (κ3) is 4.74. The van der Waals surface area contributed by atoms with E-state index in [9.17, 15) is 4.39 Å². The summed E-state index contributed by atoms with van der Waals surface area (Å²) in [5.74, 6) is 1.27. The van der Waals surface area contributed by atoms with Crippen LogP contribution in [0.5, 0.6) is 0 Å². The van der Waals surface area contributed by atoms with Crippen LogP contribution in [0, 0.1) is 19.7 Å². The van der Waals surface area contributed by atoms with Crippen LogP contribution in [0.1, 0.15) is 22.5 Å². The number of aryl methyl sites for hydroxylation is 2. The molecule has 0 unspecified atom stereocenters. The second-order valence-corrected chi connectivity index (χ2v) is 7.47. The zero-order chi connectivity index (χ0) is 21.8. The molecule has 8 heteroatoms. The molecule has 0 aliphatic carbocycles. The highest BCUT2D eigenvalue weighted by molar-refractivity contribution is 5.83. The molecule has 160 valence electrons. The highest BCUT2D eigenvalue weighted by Gasteiger charge is 2.07. The van der Waals surface area contributed by atoms with Crippen LogP contribution in [0.15, 0.2) is 53.8 Å². The molecule has 0 fully saturated rings. The Morgan fingerprint density at radius 3 is 2.74 bits per heavy atom. The van der Waals surface area contributed by atoms with Gasteiger partial charge < -0.3 is 15.6 Å². The smallest absolute Gasteiger partial charge is 0.191 e. The van der Waals surface area contributed by atoms with Crippen molar-refractivity contribution in [2.24, 2.45) is 4.99 Å². The Kier molecular flexibility index (Phi) is 5.97. The molecule has 7 nitrogen and oxygen atoms in total. The number of rotatable bonds is 6. The normalized spacial score (nSPS) is 11.8. The van der Waals surface area contributed by atoms with Crippen LogP contribution < -0.4 is 10.6 Å². The van der Waals surface area contributed by atoms with Crippen molar-refractivity contribution in [2.75, 3.05) is 13.6 Å². The van der Waals surface area contributed by atoms with Gasteiger partial charge in [-0.1, -0.05) is 6.07 Å². The summed E-state index contributed by atoms with van der Waals surface area (Å²) in [6.07, 6.45) is 4.52. The molecular formula is C23H26FN7. The first-order chi connectivity index (χ1) is 15.0. The number of pyridine rings is 1. The SMILES string of the molecule is CN=C(NCCc1c[nH]c2ccc(F)cc12)NCc1ccc(-n2nc(C)cc2C)nc1. The number of nitrogens with one attached hydrogen (secondary N) is 3. The number of guanidine groups is 1. The number of aromatic amines is 1. The average molecular weight is 420 g/mol. The van der Waals surface area contributed by atoms with Crippen molar-refractivity contribution in [3.63, 3.8) is 0 Å². The second kappa shape index (κ2) is 8.99. The van der Waals surface area contributed by atoms with Gasteiger partial charge in [0.1, 0.15) is 5.82 Å². The van der Waals surface area contributed by atoms with E-state index in [4.69, 9.17) is 0 Å². The lowest BCUT2D eigenvalue weighted by atomic mass is 10.1. The Labute approximate surface area is 180 Å². The molecule has 3 aromatic heterocycles. The molecule has 0 aliphatic heterocycles. The van der Waals surface area contributed by atoms with Crippen LogP contribution >= 0.6 is 0 Å². The largest absolute Gasteiger partial charge is 0.361 e. The van der Waals surface area contributed by atoms with E-state index in [2.05, 4.69) is 30.7 Å². The number of fused-ring (bicyclic) bond motifs is 1. The maximum absolute atomic E-state index is 13.5. The number of aliphatic imine (C=N–C) groups is 1. The van der Waals surface area contributed by atoms with Gasteiger partial charge in [-0.05, 0) is 61.7 Å². The van der Waals surface area contributed by atoms with Gasteiger partial charge in [-0.15, -0.1) is 0 Å². The third-order valence-electron chi connectivity index (χ3n) is 5.14. The number of nitrogens with zero attached hydrogens (tertiary/aromatic N) is 4. The van der Waals surface area contributed by atoms with Crippen molar-refractivity contribution >= 4 is 16.9 Å². The van der Waals surface area contributed by atoms with E-state index in [1.807, 2.05) is 49.1 Å². The number of benzene rings is 1. The summed E-state index contributed by atoms with van der Waals surface area (Å²) in [5.41, 5.74) is 5.08. The van der Waals surface area contributed by atoms with E-state index in [1.165, 1.54) is 6.07 Å². The zero-order valence-corrected chi connectivity index (χ0v) is 17.9. The second-order valence-electron chi connectivity index (χ2n) is 7.47. The van der Waals surface area contributed by atoms with Crippen molar-refractivity contribution in [1.29, 1.82) is 0 Å². The summed E-state index contributed by atoms with van der Waals surface area (Å²) in [6.45, 7) is 5.26. The van der Waals surface area contributed by atoms with Gasteiger partial charge in [0, 0.05) is 49.1 Å². The van der Waals surface area contributed by atoms with Crippen molar-refractivity contribution in [1.82, 2.24) is 30.4 Å². The Morgan fingerprint density at radius 2 is 2.03 bits per heavy atom. The van der Waals surface area contributed by atoms with Crippen molar-refractivity contribution in [2.45, 2.75) is 26.8 Å². The van der Waals surface area contributed by atoms with E-state index in [1.54, 1.807) is 19.2 Å². The molecule has 0 atom stereocenters. The lowest BCUT2D eigenvalue weighted by molar-refractivity contribution is 0.629. The van der Waals surface area contributed by atoms with Gasteiger partial charge in [-0.25, -0.2) is 14.1 Å². The van der Waals surface area contributed by atoms with Crippen molar-refractivity contribution in [3.8, 4) is 5.82 Å². The van der Waals surface area contributed by atoms with Gasteiger partial charge in [-0.2, -0.15) is 5.10 Å². The molecule has 3 N–H and O–H groups in total. The molecule has 0 bridgehead atoms. The topological polar surface area (TPSA) is 82.9 Å². The molecule has 0 amide bonds. The average Bonchev–Trinajstić information content (AvgIpc) is 3.32. The summed E-state index contributed by atoms with van der Waals surface area (Å²) in [6, 6.07) is 10.8. The maximum atomic E-state index is 13.5. The minimum atomic E-state index is -0.226. The zero-order valence-electron chi connectivity index (χ0n) is 17.9. The number of aromatic nitrogens is 4. The van der Waals surface area contributed by atoms with E-state index in [0.29, 0.717) is 19.0 Å². The third-order valence-corrected chi connectivity index (χ3v) is 5.14. The molecule has 4 aromatic rings. The number of halogens is 1. The number of hydrogen-bond donors (Lipinski definition) is 3. The quantitative estimate of drug-likeness (QED) is 0.330. The number of hydrogen-bond acceptors (Lipinski definition) is 3. The van der Waals surface area contributed by atoms with Gasteiger partial charge in [0.25, 0.3) is 0 Å². The van der Waals surface area contributed by atoms with Crippen LogP contribution in [0.25, 0.3) is 16.7 Å². The molecular weight excluding hydrogens is 393 g/mol. The Balaban J connectivity index is 1.30. The number of H-pyrrole nitrogens is 1. The molecule has 1 aromatic carbocycles. The van der Waals surface area contributed by atoms with Crippen LogP contribution in [-0.2, 0) is 13.0 Å². The molecule has 0 aliphatic rings. The van der Waals surface area contributed by atoms with Crippen LogP contribution in [0.4, 0.5) is 4.39 Å². The van der Waals surface area contributed by atoms with E-state index in [-0.39, 0.29) is 5.82 Å².